The van der Waals surface area contributed by atoms with Crippen LogP contribution in [0.25, 0.3) is 10.9 Å². The second-order valence-corrected chi connectivity index (χ2v) is 7.39. The highest BCUT2D eigenvalue weighted by atomic mass is 19.1. The van der Waals surface area contributed by atoms with Crippen molar-refractivity contribution in [2.45, 2.75) is 19.9 Å². The molecule has 7 heteroatoms. The van der Waals surface area contributed by atoms with Crippen LogP contribution in [0.5, 0.6) is 0 Å². The zero-order valence-electron chi connectivity index (χ0n) is 16.8. The van der Waals surface area contributed by atoms with E-state index in [4.69, 9.17) is 0 Å². The van der Waals surface area contributed by atoms with E-state index in [1.54, 1.807) is 27.7 Å². The first-order valence-corrected chi connectivity index (χ1v) is 10.1. The van der Waals surface area contributed by atoms with Crippen molar-refractivity contribution in [1.82, 2.24) is 9.47 Å². The van der Waals surface area contributed by atoms with Crippen molar-refractivity contribution >= 4 is 28.5 Å². The Morgan fingerprint density at radius 3 is 2.33 bits per heavy atom. The standard InChI is InChI=1S/C23H24FN3O3/c1-2-27-19-9-5-3-7-16(19)17(22(27)23(29)30)15-21(28)26-13-11-25(12-14-26)20-10-6-4-8-18(20)24/h3-10H,2,11-15H2,1H3,(H,29,30). The molecule has 2 heterocycles. The number of anilines is 1. The molecule has 6 nitrogen and oxygen atoms in total. The first-order chi connectivity index (χ1) is 14.5. The maximum absolute atomic E-state index is 14.0. The van der Waals surface area contributed by atoms with Crippen LogP contribution in [0.2, 0.25) is 0 Å². The third-order valence-electron chi connectivity index (χ3n) is 5.75. The Morgan fingerprint density at radius 1 is 1.00 bits per heavy atom. The number of hydrogen-bond acceptors (Lipinski definition) is 3. The van der Waals surface area contributed by atoms with Gasteiger partial charge in [-0.15, -0.1) is 0 Å². The minimum Gasteiger partial charge on any atom is -0.477 e. The molecule has 0 radical (unpaired) electrons. The number of para-hydroxylation sites is 2. The Balaban J connectivity index is 1.54. The molecule has 0 saturated carbocycles. The number of aromatic carboxylic acids is 1. The molecule has 1 fully saturated rings. The lowest BCUT2D eigenvalue weighted by Gasteiger charge is -2.36. The predicted molar refractivity (Wildman–Crippen MR) is 113 cm³/mol. The van der Waals surface area contributed by atoms with Gasteiger partial charge in [0.05, 0.1) is 12.1 Å². The van der Waals surface area contributed by atoms with Crippen LogP contribution in [0, 0.1) is 5.82 Å². The first kappa shape index (κ1) is 19.9. The number of piperazine rings is 1. The van der Waals surface area contributed by atoms with Crippen molar-refractivity contribution < 1.29 is 19.1 Å². The van der Waals surface area contributed by atoms with E-state index in [1.165, 1.54) is 6.07 Å². The van der Waals surface area contributed by atoms with E-state index in [0.717, 1.165) is 10.9 Å². The molecule has 156 valence electrons. The van der Waals surface area contributed by atoms with Gasteiger partial charge >= 0.3 is 5.97 Å². The van der Waals surface area contributed by atoms with Crippen molar-refractivity contribution in [1.29, 1.82) is 0 Å². The van der Waals surface area contributed by atoms with Crippen LogP contribution >= 0.6 is 0 Å². The molecule has 3 aromatic rings. The van der Waals surface area contributed by atoms with Gasteiger partial charge in [0.1, 0.15) is 11.5 Å². The number of fused-ring (bicyclic) bond motifs is 1. The quantitative estimate of drug-likeness (QED) is 0.702. The topological polar surface area (TPSA) is 65.8 Å². The van der Waals surface area contributed by atoms with Gasteiger partial charge in [0.25, 0.3) is 0 Å². The number of carbonyl (C=O) groups excluding carboxylic acids is 1. The highest BCUT2D eigenvalue weighted by Crippen LogP contribution is 2.28. The third-order valence-corrected chi connectivity index (χ3v) is 5.75. The monoisotopic (exact) mass is 409 g/mol. The summed E-state index contributed by atoms with van der Waals surface area (Å²) in [5, 5.41) is 10.6. The van der Waals surface area contributed by atoms with Gasteiger partial charge in [-0.2, -0.15) is 0 Å². The molecule has 1 saturated heterocycles. The van der Waals surface area contributed by atoms with Crippen molar-refractivity contribution in [3.63, 3.8) is 0 Å². The average Bonchev–Trinajstić information content (AvgIpc) is 3.08. The summed E-state index contributed by atoms with van der Waals surface area (Å²) in [6.45, 7) is 4.43. The van der Waals surface area contributed by atoms with Crippen LogP contribution in [-0.2, 0) is 17.8 Å². The highest BCUT2D eigenvalue weighted by Gasteiger charge is 2.27. The molecule has 1 aromatic heterocycles. The van der Waals surface area contributed by atoms with Crippen LogP contribution in [0.4, 0.5) is 10.1 Å². The molecule has 0 atom stereocenters. The minimum atomic E-state index is -1.03. The lowest BCUT2D eigenvalue weighted by molar-refractivity contribution is -0.130. The molecule has 0 bridgehead atoms. The Bertz CT molecular complexity index is 1100. The smallest absolute Gasteiger partial charge is 0.352 e. The van der Waals surface area contributed by atoms with E-state index in [1.807, 2.05) is 36.1 Å². The Labute approximate surface area is 174 Å². The predicted octanol–water partition coefficient (Wildman–Crippen LogP) is 3.39. The van der Waals surface area contributed by atoms with Crippen molar-refractivity contribution in [2.75, 3.05) is 31.1 Å². The molecule has 0 aliphatic carbocycles. The summed E-state index contributed by atoms with van der Waals surface area (Å²) in [6.07, 6.45) is 0.0366. The fourth-order valence-corrected chi connectivity index (χ4v) is 4.30. The Hall–Kier alpha value is -3.35. The molecule has 4 rings (SSSR count). The largest absolute Gasteiger partial charge is 0.477 e. The van der Waals surface area contributed by atoms with Crippen molar-refractivity contribution in [2.24, 2.45) is 0 Å². The fraction of sp³-hybridized carbons (Fsp3) is 0.304. The summed E-state index contributed by atoms with van der Waals surface area (Å²) in [5.41, 5.74) is 2.10. The van der Waals surface area contributed by atoms with Crippen LogP contribution in [0.15, 0.2) is 48.5 Å². The van der Waals surface area contributed by atoms with Gasteiger partial charge < -0.3 is 19.5 Å². The fourth-order valence-electron chi connectivity index (χ4n) is 4.30. The molecule has 2 aromatic carbocycles. The van der Waals surface area contributed by atoms with E-state index in [2.05, 4.69) is 0 Å². The van der Waals surface area contributed by atoms with Gasteiger partial charge in [-0.25, -0.2) is 9.18 Å². The van der Waals surface area contributed by atoms with Gasteiger partial charge in [0.2, 0.25) is 5.91 Å². The second-order valence-electron chi connectivity index (χ2n) is 7.39. The van der Waals surface area contributed by atoms with Crippen LogP contribution in [-0.4, -0.2) is 52.6 Å². The SMILES string of the molecule is CCn1c(C(=O)O)c(CC(=O)N2CCN(c3ccccc3F)CC2)c2ccccc21. The number of rotatable bonds is 5. The first-order valence-electron chi connectivity index (χ1n) is 10.1. The van der Waals surface area contributed by atoms with Gasteiger partial charge in [-0.3, -0.25) is 4.79 Å². The number of hydrogen-bond donors (Lipinski definition) is 1. The van der Waals surface area contributed by atoms with E-state index >= 15 is 0 Å². The summed E-state index contributed by atoms with van der Waals surface area (Å²) in [4.78, 5) is 28.7. The zero-order valence-corrected chi connectivity index (χ0v) is 16.8. The maximum atomic E-state index is 14.0. The molecule has 0 spiro atoms. The van der Waals surface area contributed by atoms with E-state index < -0.39 is 5.97 Å². The number of amides is 1. The number of aryl methyl sites for hydroxylation is 1. The van der Waals surface area contributed by atoms with Gasteiger partial charge in [-0.05, 0) is 25.1 Å². The molecular weight excluding hydrogens is 385 g/mol. The summed E-state index contributed by atoms with van der Waals surface area (Å²) in [5.74, 6) is -1.40. The molecule has 1 aliphatic heterocycles. The summed E-state index contributed by atoms with van der Waals surface area (Å²) in [7, 11) is 0. The normalized spacial score (nSPS) is 14.3. The number of benzene rings is 2. The van der Waals surface area contributed by atoms with Crippen molar-refractivity contribution in [3.05, 3.63) is 65.6 Å². The average molecular weight is 409 g/mol. The summed E-state index contributed by atoms with van der Waals surface area (Å²) in [6, 6.07) is 14.1. The molecule has 1 N–H and O–H groups in total. The van der Waals surface area contributed by atoms with Crippen molar-refractivity contribution in [3.8, 4) is 0 Å². The molecule has 0 unspecified atom stereocenters. The molecule has 1 amide bonds. The number of aromatic nitrogens is 1. The lowest BCUT2D eigenvalue weighted by Crippen LogP contribution is -2.49. The number of carboxylic acid groups (broad SMARTS) is 1. The number of nitrogens with zero attached hydrogens (tertiary/aromatic N) is 3. The third kappa shape index (κ3) is 3.51. The maximum Gasteiger partial charge on any atom is 0.352 e. The van der Waals surface area contributed by atoms with E-state index in [9.17, 15) is 19.1 Å². The summed E-state index contributed by atoms with van der Waals surface area (Å²) < 4.78 is 15.8. The highest BCUT2D eigenvalue weighted by molar-refractivity contribution is 6.00. The van der Waals surface area contributed by atoms with E-state index in [-0.39, 0.29) is 23.8 Å². The van der Waals surface area contributed by atoms with Crippen LogP contribution in [0.1, 0.15) is 23.0 Å². The Morgan fingerprint density at radius 2 is 1.67 bits per heavy atom. The second kappa shape index (κ2) is 8.18. The number of carbonyl (C=O) groups is 2. The molecular formula is C23H24FN3O3. The van der Waals surface area contributed by atoms with Gasteiger partial charge in [0, 0.05) is 49.2 Å². The van der Waals surface area contributed by atoms with E-state index in [0.29, 0.717) is 44.0 Å². The van der Waals surface area contributed by atoms with Crippen LogP contribution < -0.4 is 4.90 Å². The lowest BCUT2D eigenvalue weighted by atomic mass is 10.1. The minimum absolute atomic E-state index is 0.0366. The number of halogens is 1. The zero-order chi connectivity index (χ0) is 21.3. The summed E-state index contributed by atoms with van der Waals surface area (Å²) >= 11 is 0. The Kier molecular flexibility index (Phi) is 5.44. The molecule has 30 heavy (non-hydrogen) atoms. The van der Waals surface area contributed by atoms with Gasteiger partial charge in [0.15, 0.2) is 0 Å². The number of carboxylic acids is 1. The van der Waals surface area contributed by atoms with Gasteiger partial charge in [-0.1, -0.05) is 30.3 Å². The molecule has 1 aliphatic rings. The van der Waals surface area contributed by atoms with Crippen LogP contribution in [0.3, 0.4) is 0 Å².